The van der Waals surface area contributed by atoms with Crippen molar-refractivity contribution >= 4 is 12.0 Å². The number of carboxylic acids is 1. The van der Waals surface area contributed by atoms with Gasteiger partial charge >= 0.3 is 5.97 Å². The van der Waals surface area contributed by atoms with E-state index in [4.69, 9.17) is 9.84 Å². The lowest BCUT2D eigenvalue weighted by Gasteiger charge is -2.07. The number of aromatic nitrogens is 2. The molecule has 2 aromatic rings. The summed E-state index contributed by atoms with van der Waals surface area (Å²) in [5.41, 5.74) is 1.09. The van der Waals surface area contributed by atoms with E-state index in [0.717, 1.165) is 23.8 Å². The van der Waals surface area contributed by atoms with Gasteiger partial charge in [-0.15, -0.1) is 0 Å². The molecule has 2 N–H and O–H groups in total. The molecule has 0 radical (unpaired) electrons. The van der Waals surface area contributed by atoms with Crippen molar-refractivity contribution < 1.29 is 14.6 Å². The van der Waals surface area contributed by atoms with Gasteiger partial charge < -0.3 is 9.84 Å². The minimum Gasteiger partial charge on any atom is -0.494 e. The van der Waals surface area contributed by atoms with Gasteiger partial charge in [-0.2, -0.15) is 5.10 Å². The molecular formula is C16H16N2O4. The van der Waals surface area contributed by atoms with Gasteiger partial charge in [-0.1, -0.05) is 19.1 Å². The SMILES string of the molecule is CCCOc1cccc(-c2cc(/C=C/C(=O)O)c(=O)[nH]n2)c1. The predicted octanol–water partition coefficient (Wildman–Crippen LogP) is 2.32. The van der Waals surface area contributed by atoms with E-state index in [-0.39, 0.29) is 5.56 Å². The summed E-state index contributed by atoms with van der Waals surface area (Å²) in [5, 5.41) is 15.0. The van der Waals surface area contributed by atoms with Gasteiger partial charge in [-0.25, -0.2) is 9.89 Å². The largest absolute Gasteiger partial charge is 0.494 e. The molecule has 0 amide bonds. The Morgan fingerprint density at radius 2 is 2.23 bits per heavy atom. The molecule has 1 aromatic carbocycles. The number of carboxylic acid groups (broad SMARTS) is 1. The maximum absolute atomic E-state index is 11.6. The van der Waals surface area contributed by atoms with Crippen molar-refractivity contribution in [2.45, 2.75) is 13.3 Å². The maximum Gasteiger partial charge on any atom is 0.328 e. The number of nitrogens with one attached hydrogen (secondary N) is 1. The molecule has 0 atom stereocenters. The average molecular weight is 300 g/mol. The van der Waals surface area contributed by atoms with Crippen LogP contribution in [0.4, 0.5) is 0 Å². The Hall–Kier alpha value is -2.89. The van der Waals surface area contributed by atoms with E-state index in [1.54, 1.807) is 0 Å². The van der Waals surface area contributed by atoms with Crippen LogP contribution in [0.3, 0.4) is 0 Å². The zero-order valence-electron chi connectivity index (χ0n) is 12.1. The molecule has 22 heavy (non-hydrogen) atoms. The monoisotopic (exact) mass is 300 g/mol. The van der Waals surface area contributed by atoms with Gasteiger partial charge in [-0.05, 0) is 30.7 Å². The fourth-order valence-corrected chi connectivity index (χ4v) is 1.82. The van der Waals surface area contributed by atoms with E-state index in [1.807, 2.05) is 31.2 Å². The van der Waals surface area contributed by atoms with Crippen LogP contribution in [0.2, 0.25) is 0 Å². The normalized spacial score (nSPS) is 10.8. The summed E-state index contributed by atoms with van der Waals surface area (Å²) in [7, 11) is 0. The van der Waals surface area contributed by atoms with E-state index >= 15 is 0 Å². The van der Waals surface area contributed by atoms with Crippen molar-refractivity contribution in [3.05, 3.63) is 52.3 Å². The molecule has 0 aliphatic rings. The number of H-pyrrole nitrogens is 1. The Morgan fingerprint density at radius 3 is 2.95 bits per heavy atom. The summed E-state index contributed by atoms with van der Waals surface area (Å²) < 4.78 is 5.56. The Morgan fingerprint density at radius 1 is 1.41 bits per heavy atom. The summed E-state index contributed by atoms with van der Waals surface area (Å²) in [4.78, 5) is 22.2. The molecule has 0 aliphatic heterocycles. The summed E-state index contributed by atoms with van der Waals surface area (Å²) in [6.07, 6.45) is 3.06. The second kappa shape index (κ2) is 7.21. The Kier molecular flexibility index (Phi) is 5.08. The van der Waals surface area contributed by atoms with E-state index < -0.39 is 11.5 Å². The highest BCUT2D eigenvalue weighted by Gasteiger charge is 2.05. The van der Waals surface area contributed by atoms with Crippen molar-refractivity contribution in [1.29, 1.82) is 0 Å². The lowest BCUT2D eigenvalue weighted by molar-refractivity contribution is -0.131. The summed E-state index contributed by atoms with van der Waals surface area (Å²) in [6, 6.07) is 8.87. The minimum absolute atomic E-state index is 0.229. The first-order valence-electron chi connectivity index (χ1n) is 6.84. The first kappa shape index (κ1) is 15.5. The molecule has 1 heterocycles. The van der Waals surface area contributed by atoms with Gasteiger partial charge in [0.25, 0.3) is 5.56 Å². The molecule has 2 rings (SSSR count). The van der Waals surface area contributed by atoms with Gasteiger partial charge in [0, 0.05) is 17.2 Å². The minimum atomic E-state index is -1.12. The third kappa shape index (κ3) is 4.05. The number of aromatic amines is 1. The Labute approximate surface area is 127 Å². The molecule has 0 saturated heterocycles. The van der Waals surface area contributed by atoms with Crippen LogP contribution < -0.4 is 10.3 Å². The van der Waals surface area contributed by atoms with Crippen LogP contribution in [0.15, 0.2) is 41.2 Å². The molecule has 0 bridgehead atoms. The quantitative estimate of drug-likeness (QED) is 0.799. The van der Waals surface area contributed by atoms with Gasteiger partial charge in [0.05, 0.1) is 12.3 Å². The van der Waals surface area contributed by atoms with Gasteiger partial charge in [-0.3, -0.25) is 4.79 Å². The second-order valence-corrected chi connectivity index (χ2v) is 4.59. The number of carbonyl (C=O) groups is 1. The number of aliphatic carboxylic acids is 1. The topological polar surface area (TPSA) is 92.3 Å². The highest BCUT2D eigenvalue weighted by molar-refractivity contribution is 5.85. The van der Waals surface area contributed by atoms with E-state index in [0.29, 0.717) is 12.3 Å². The van der Waals surface area contributed by atoms with Gasteiger partial charge in [0.2, 0.25) is 0 Å². The molecule has 114 valence electrons. The number of ether oxygens (including phenoxy) is 1. The fourth-order valence-electron chi connectivity index (χ4n) is 1.82. The molecule has 0 aliphatic carbocycles. The second-order valence-electron chi connectivity index (χ2n) is 4.59. The third-order valence-electron chi connectivity index (χ3n) is 2.84. The molecule has 0 saturated carbocycles. The molecule has 0 spiro atoms. The van der Waals surface area contributed by atoms with Gasteiger partial charge in [0.15, 0.2) is 0 Å². The molecule has 0 unspecified atom stereocenters. The standard InChI is InChI=1S/C16H16N2O4/c1-2-8-22-13-5-3-4-11(9-13)14-10-12(6-7-15(19)20)16(21)18-17-14/h3-7,9-10H,2,8H2,1H3,(H,18,21)(H,19,20)/b7-6+. The lowest BCUT2D eigenvalue weighted by Crippen LogP contribution is -2.11. The maximum atomic E-state index is 11.6. The van der Waals surface area contributed by atoms with Crippen LogP contribution in [-0.2, 0) is 4.79 Å². The number of hydrogen-bond donors (Lipinski definition) is 2. The molecule has 0 fully saturated rings. The Bertz CT molecular complexity index is 750. The zero-order valence-corrected chi connectivity index (χ0v) is 12.1. The van der Waals surface area contributed by atoms with E-state index in [9.17, 15) is 9.59 Å². The number of hydrogen-bond acceptors (Lipinski definition) is 4. The van der Waals surface area contributed by atoms with Crippen LogP contribution in [0.5, 0.6) is 5.75 Å². The van der Waals surface area contributed by atoms with Crippen LogP contribution in [0.1, 0.15) is 18.9 Å². The third-order valence-corrected chi connectivity index (χ3v) is 2.84. The first-order valence-corrected chi connectivity index (χ1v) is 6.84. The summed E-state index contributed by atoms with van der Waals surface area (Å²) >= 11 is 0. The van der Waals surface area contributed by atoms with Crippen molar-refractivity contribution in [3.63, 3.8) is 0 Å². The molecule has 6 nitrogen and oxygen atoms in total. The van der Waals surface area contributed by atoms with Crippen molar-refractivity contribution in [2.75, 3.05) is 6.61 Å². The van der Waals surface area contributed by atoms with E-state index in [1.165, 1.54) is 12.1 Å². The van der Waals surface area contributed by atoms with Crippen molar-refractivity contribution in [1.82, 2.24) is 10.2 Å². The van der Waals surface area contributed by atoms with Crippen LogP contribution in [0.25, 0.3) is 17.3 Å². The van der Waals surface area contributed by atoms with Crippen LogP contribution >= 0.6 is 0 Å². The predicted molar refractivity (Wildman–Crippen MR) is 82.7 cm³/mol. The number of benzene rings is 1. The number of nitrogens with zero attached hydrogens (tertiary/aromatic N) is 1. The molecule has 1 aromatic heterocycles. The van der Waals surface area contributed by atoms with Crippen LogP contribution in [0, 0.1) is 0 Å². The average Bonchev–Trinajstić information content (AvgIpc) is 2.52. The lowest BCUT2D eigenvalue weighted by atomic mass is 10.1. The van der Waals surface area contributed by atoms with Gasteiger partial charge in [0.1, 0.15) is 5.75 Å². The van der Waals surface area contributed by atoms with Crippen LogP contribution in [-0.4, -0.2) is 27.9 Å². The summed E-state index contributed by atoms with van der Waals surface area (Å²) in [5.74, 6) is -0.400. The van der Waals surface area contributed by atoms with Crippen molar-refractivity contribution in [2.24, 2.45) is 0 Å². The number of rotatable bonds is 6. The Balaban J connectivity index is 2.34. The first-order chi connectivity index (χ1) is 10.6. The molecule has 6 heteroatoms. The fraction of sp³-hybridized carbons (Fsp3) is 0.188. The smallest absolute Gasteiger partial charge is 0.328 e. The highest BCUT2D eigenvalue weighted by Crippen LogP contribution is 2.22. The van der Waals surface area contributed by atoms with Crippen molar-refractivity contribution in [3.8, 4) is 17.0 Å². The van der Waals surface area contributed by atoms with E-state index in [2.05, 4.69) is 10.2 Å². The molecular weight excluding hydrogens is 284 g/mol. The summed E-state index contributed by atoms with van der Waals surface area (Å²) in [6.45, 7) is 2.64. The zero-order chi connectivity index (χ0) is 15.9. The highest BCUT2D eigenvalue weighted by atomic mass is 16.5.